The summed E-state index contributed by atoms with van der Waals surface area (Å²) in [5.74, 6) is 1.37. The van der Waals surface area contributed by atoms with Crippen LogP contribution < -0.4 is 19.5 Å². The molecule has 144 valence electrons. The average molecular weight is 369 g/mol. The Kier molecular flexibility index (Phi) is 6.58. The van der Waals surface area contributed by atoms with Crippen molar-refractivity contribution in [3.05, 3.63) is 53.6 Å². The lowest BCUT2D eigenvalue weighted by Gasteiger charge is -2.23. The highest BCUT2D eigenvalue weighted by atomic mass is 16.5. The molecule has 1 N–H and O–H groups in total. The van der Waals surface area contributed by atoms with Gasteiger partial charge in [0.2, 0.25) is 5.75 Å². The predicted octanol–water partition coefficient (Wildman–Crippen LogP) is 4.35. The van der Waals surface area contributed by atoms with Crippen molar-refractivity contribution in [3.8, 4) is 17.2 Å². The van der Waals surface area contributed by atoms with E-state index in [4.69, 9.17) is 14.2 Å². The first-order chi connectivity index (χ1) is 13.2. The summed E-state index contributed by atoms with van der Waals surface area (Å²) < 4.78 is 16.9. The molecule has 0 heterocycles. The molecular weight excluding hydrogens is 342 g/mol. The smallest absolute Gasteiger partial charge is 0.251 e. The van der Waals surface area contributed by atoms with Crippen LogP contribution in [0.4, 0.5) is 0 Å². The Balaban J connectivity index is 1.77. The molecular formula is C22H27NO4. The van der Waals surface area contributed by atoms with Gasteiger partial charge in [-0.25, -0.2) is 0 Å². The van der Waals surface area contributed by atoms with E-state index >= 15 is 0 Å². The summed E-state index contributed by atoms with van der Waals surface area (Å²) in [5, 5.41) is 3.12. The quantitative estimate of drug-likeness (QED) is 0.788. The van der Waals surface area contributed by atoms with Crippen molar-refractivity contribution < 1.29 is 19.0 Å². The summed E-state index contributed by atoms with van der Waals surface area (Å²) in [4.78, 5) is 12.7. The Morgan fingerprint density at radius 2 is 1.63 bits per heavy atom. The minimum absolute atomic E-state index is 0.104. The molecule has 0 radical (unpaired) electrons. The maximum Gasteiger partial charge on any atom is 0.251 e. The van der Waals surface area contributed by atoms with Gasteiger partial charge in [-0.1, -0.05) is 49.6 Å². The number of methoxy groups -OCH3 is 2. The summed E-state index contributed by atoms with van der Waals surface area (Å²) in [7, 11) is 3.12. The zero-order valence-corrected chi connectivity index (χ0v) is 16.0. The van der Waals surface area contributed by atoms with Crippen LogP contribution in [-0.2, 0) is 6.61 Å². The van der Waals surface area contributed by atoms with Crippen LogP contribution in [0, 0.1) is 0 Å². The highest BCUT2D eigenvalue weighted by Crippen LogP contribution is 2.39. The molecule has 0 unspecified atom stereocenters. The average Bonchev–Trinajstić information content (AvgIpc) is 2.73. The topological polar surface area (TPSA) is 56.8 Å². The molecule has 1 aliphatic carbocycles. The lowest BCUT2D eigenvalue weighted by Crippen LogP contribution is -2.36. The highest BCUT2D eigenvalue weighted by Gasteiger charge is 2.21. The fourth-order valence-corrected chi connectivity index (χ4v) is 3.40. The molecule has 27 heavy (non-hydrogen) atoms. The van der Waals surface area contributed by atoms with E-state index < -0.39 is 0 Å². The van der Waals surface area contributed by atoms with E-state index in [0.29, 0.717) is 29.4 Å². The van der Waals surface area contributed by atoms with Gasteiger partial charge in [-0.05, 0) is 30.5 Å². The van der Waals surface area contributed by atoms with Crippen LogP contribution in [0.3, 0.4) is 0 Å². The Hall–Kier alpha value is -2.69. The Morgan fingerprint density at radius 1 is 1.00 bits per heavy atom. The van der Waals surface area contributed by atoms with Crippen LogP contribution in [0.15, 0.2) is 42.5 Å². The van der Waals surface area contributed by atoms with Crippen molar-refractivity contribution >= 4 is 5.91 Å². The van der Waals surface area contributed by atoms with Gasteiger partial charge in [-0.3, -0.25) is 4.79 Å². The van der Waals surface area contributed by atoms with E-state index in [1.54, 1.807) is 26.4 Å². The van der Waals surface area contributed by atoms with Crippen molar-refractivity contribution in [2.45, 2.75) is 44.8 Å². The minimum atomic E-state index is -0.104. The van der Waals surface area contributed by atoms with Crippen molar-refractivity contribution in [1.29, 1.82) is 0 Å². The molecule has 5 nitrogen and oxygen atoms in total. The number of benzene rings is 2. The minimum Gasteiger partial charge on any atom is -0.493 e. The van der Waals surface area contributed by atoms with E-state index in [1.165, 1.54) is 19.3 Å². The molecule has 1 aliphatic rings. The zero-order chi connectivity index (χ0) is 19.1. The fraction of sp³-hybridized carbons (Fsp3) is 0.409. The van der Waals surface area contributed by atoms with Gasteiger partial charge in [0.25, 0.3) is 5.91 Å². The van der Waals surface area contributed by atoms with Crippen LogP contribution in [0.25, 0.3) is 0 Å². The number of carbonyl (C=O) groups is 1. The maximum atomic E-state index is 12.7. The molecule has 0 saturated heterocycles. The molecule has 3 rings (SSSR count). The summed E-state index contributed by atoms with van der Waals surface area (Å²) in [6.45, 7) is 0.390. The van der Waals surface area contributed by atoms with Gasteiger partial charge in [0.1, 0.15) is 6.61 Å². The molecule has 0 aromatic heterocycles. The molecule has 5 heteroatoms. The van der Waals surface area contributed by atoms with Crippen molar-refractivity contribution in [2.75, 3.05) is 14.2 Å². The van der Waals surface area contributed by atoms with E-state index in [0.717, 1.165) is 18.4 Å². The number of amides is 1. The molecule has 1 amide bonds. The number of nitrogens with one attached hydrogen (secondary N) is 1. The van der Waals surface area contributed by atoms with Gasteiger partial charge in [0, 0.05) is 11.6 Å². The van der Waals surface area contributed by atoms with E-state index in [9.17, 15) is 4.79 Å². The third kappa shape index (κ3) is 4.94. The Bertz CT molecular complexity index is 729. The summed E-state index contributed by atoms with van der Waals surface area (Å²) in [6.07, 6.45) is 5.67. The van der Waals surface area contributed by atoms with Crippen LogP contribution in [-0.4, -0.2) is 26.2 Å². The largest absolute Gasteiger partial charge is 0.493 e. The van der Waals surface area contributed by atoms with Gasteiger partial charge in [0.15, 0.2) is 11.5 Å². The maximum absolute atomic E-state index is 12.7. The first-order valence-corrected chi connectivity index (χ1v) is 9.45. The summed E-state index contributed by atoms with van der Waals surface area (Å²) in [6, 6.07) is 13.5. The second kappa shape index (κ2) is 9.31. The first kappa shape index (κ1) is 19.1. The van der Waals surface area contributed by atoms with E-state index in [1.807, 2.05) is 30.3 Å². The summed E-state index contributed by atoms with van der Waals surface area (Å²) >= 11 is 0. The Morgan fingerprint density at radius 3 is 2.22 bits per heavy atom. The van der Waals surface area contributed by atoms with Crippen molar-refractivity contribution in [1.82, 2.24) is 5.32 Å². The monoisotopic (exact) mass is 369 g/mol. The van der Waals surface area contributed by atoms with Gasteiger partial charge in [0.05, 0.1) is 14.2 Å². The molecule has 0 aliphatic heterocycles. The fourth-order valence-electron chi connectivity index (χ4n) is 3.40. The van der Waals surface area contributed by atoms with E-state index in [2.05, 4.69) is 5.32 Å². The zero-order valence-electron chi connectivity index (χ0n) is 16.0. The molecule has 1 fully saturated rings. The number of hydrogen-bond acceptors (Lipinski definition) is 4. The van der Waals surface area contributed by atoms with Crippen molar-refractivity contribution in [2.24, 2.45) is 0 Å². The number of rotatable bonds is 7. The number of hydrogen-bond donors (Lipinski definition) is 1. The van der Waals surface area contributed by atoms with Crippen LogP contribution >= 0.6 is 0 Å². The van der Waals surface area contributed by atoms with Gasteiger partial charge < -0.3 is 19.5 Å². The third-order valence-electron chi connectivity index (χ3n) is 4.89. The molecule has 0 spiro atoms. The Labute approximate surface area is 160 Å². The van der Waals surface area contributed by atoms with E-state index in [-0.39, 0.29) is 11.9 Å². The predicted molar refractivity (Wildman–Crippen MR) is 105 cm³/mol. The molecule has 1 saturated carbocycles. The highest BCUT2D eigenvalue weighted by molar-refractivity contribution is 5.95. The molecule has 0 bridgehead atoms. The molecule has 0 atom stereocenters. The number of carbonyl (C=O) groups excluding carboxylic acids is 1. The standard InChI is InChI=1S/C22H27NO4/c1-25-19-13-17(22(24)23-18-11-7-4-8-12-18)14-20(26-2)21(19)27-15-16-9-5-3-6-10-16/h3,5-6,9-10,13-14,18H,4,7-8,11-12,15H2,1-2H3,(H,23,24). The molecule has 2 aromatic rings. The lowest BCUT2D eigenvalue weighted by molar-refractivity contribution is 0.0927. The normalized spacial score (nSPS) is 14.4. The summed E-state index contributed by atoms with van der Waals surface area (Å²) in [5.41, 5.74) is 1.56. The van der Waals surface area contributed by atoms with Gasteiger partial charge in [-0.2, -0.15) is 0 Å². The van der Waals surface area contributed by atoms with Crippen molar-refractivity contribution in [3.63, 3.8) is 0 Å². The second-order valence-corrected chi connectivity index (χ2v) is 6.79. The van der Waals surface area contributed by atoms with Crippen LogP contribution in [0.1, 0.15) is 48.0 Å². The van der Waals surface area contributed by atoms with Gasteiger partial charge in [-0.15, -0.1) is 0 Å². The third-order valence-corrected chi connectivity index (χ3v) is 4.89. The number of ether oxygens (including phenoxy) is 3. The van der Waals surface area contributed by atoms with Gasteiger partial charge >= 0.3 is 0 Å². The molecule has 2 aromatic carbocycles. The lowest BCUT2D eigenvalue weighted by atomic mass is 9.95. The SMILES string of the molecule is COc1cc(C(=O)NC2CCCCC2)cc(OC)c1OCc1ccccc1. The second-order valence-electron chi connectivity index (χ2n) is 6.79. The van der Waals surface area contributed by atoms with Crippen LogP contribution in [0.2, 0.25) is 0 Å². The van der Waals surface area contributed by atoms with Crippen LogP contribution in [0.5, 0.6) is 17.2 Å². The first-order valence-electron chi connectivity index (χ1n) is 9.45.